The molecule has 0 radical (unpaired) electrons. The largest absolute Gasteiger partial charge is 0.311 e. The Balaban J connectivity index is 1.86. The number of nitrogens with one attached hydrogen (secondary N) is 1. The van der Waals surface area contributed by atoms with Crippen LogP contribution in [0.25, 0.3) is 0 Å². The lowest BCUT2D eigenvalue weighted by atomic mass is 9.90. The van der Waals surface area contributed by atoms with Crippen LogP contribution in [-0.4, -0.2) is 29.6 Å². The van der Waals surface area contributed by atoms with Gasteiger partial charge in [0.25, 0.3) is 0 Å². The molecule has 4 heteroatoms. The van der Waals surface area contributed by atoms with E-state index in [4.69, 9.17) is 0 Å². The van der Waals surface area contributed by atoms with Gasteiger partial charge in [-0.2, -0.15) is 0 Å². The lowest BCUT2D eigenvalue weighted by Gasteiger charge is -2.47. The molecule has 1 N–H and O–H groups in total. The average Bonchev–Trinajstić information content (AvgIpc) is 2.88. The van der Waals surface area contributed by atoms with E-state index < -0.39 is 11.6 Å². The van der Waals surface area contributed by atoms with Crippen LogP contribution in [0.2, 0.25) is 0 Å². The number of piperazine rings is 1. The van der Waals surface area contributed by atoms with Crippen LogP contribution in [0.1, 0.15) is 38.2 Å². The summed E-state index contributed by atoms with van der Waals surface area (Å²) in [6.07, 6.45) is 4.68. The molecule has 0 bridgehead atoms. The molecule has 1 unspecified atom stereocenters. The van der Waals surface area contributed by atoms with Crippen LogP contribution in [0.5, 0.6) is 0 Å². The van der Waals surface area contributed by atoms with Gasteiger partial charge in [0, 0.05) is 36.8 Å². The molecule has 1 saturated carbocycles. The molecule has 1 aromatic carbocycles. The highest BCUT2D eigenvalue weighted by molar-refractivity contribution is 5.20. The van der Waals surface area contributed by atoms with E-state index in [1.807, 2.05) is 0 Å². The molecule has 1 heterocycles. The fourth-order valence-corrected chi connectivity index (χ4v) is 3.70. The minimum Gasteiger partial charge on any atom is -0.311 e. The molecule has 1 aliphatic heterocycles. The van der Waals surface area contributed by atoms with E-state index in [0.717, 1.165) is 25.9 Å². The summed E-state index contributed by atoms with van der Waals surface area (Å²) in [5, 5.41) is 3.53. The zero-order valence-corrected chi connectivity index (χ0v) is 12.0. The summed E-state index contributed by atoms with van der Waals surface area (Å²) in [6, 6.07) is 4.51. The van der Waals surface area contributed by atoms with E-state index in [0.29, 0.717) is 12.6 Å². The highest BCUT2D eigenvalue weighted by Gasteiger charge is 2.42. The first-order valence-corrected chi connectivity index (χ1v) is 7.52. The molecule has 1 atom stereocenters. The SMILES string of the molecule is CC1CN(Cc2c(F)cccc2F)C2(CCCC2)CN1. The van der Waals surface area contributed by atoms with Crippen LogP contribution >= 0.6 is 0 Å². The van der Waals surface area contributed by atoms with E-state index >= 15 is 0 Å². The van der Waals surface area contributed by atoms with Gasteiger partial charge < -0.3 is 5.32 Å². The van der Waals surface area contributed by atoms with Gasteiger partial charge in [0.1, 0.15) is 11.6 Å². The van der Waals surface area contributed by atoms with Crippen LogP contribution in [0.15, 0.2) is 18.2 Å². The molecular formula is C16H22F2N2. The Hall–Kier alpha value is -1.00. The first kappa shape index (κ1) is 14.0. The Morgan fingerprint density at radius 2 is 1.90 bits per heavy atom. The maximum atomic E-state index is 13.9. The van der Waals surface area contributed by atoms with E-state index in [9.17, 15) is 8.78 Å². The summed E-state index contributed by atoms with van der Waals surface area (Å²) in [6.45, 7) is 4.30. The molecule has 20 heavy (non-hydrogen) atoms. The third-order valence-corrected chi connectivity index (χ3v) is 4.89. The molecule has 1 spiro atoms. The molecule has 0 aromatic heterocycles. The van der Waals surface area contributed by atoms with Gasteiger partial charge in [0.2, 0.25) is 0 Å². The average molecular weight is 280 g/mol. The summed E-state index contributed by atoms with van der Waals surface area (Å²) in [4.78, 5) is 2.31. The highest BCUT2D eigenvalue weighted by atomic mass is 19.1. The van der Waals surface area contributed by atoms with Crippen molar-refractivity contribution in [1.29, 1.82) is 0 Å². The molecule has 3 rings (SSSR count). The summed E-state index contributed by atoms with van der Waals surface area (Å²) < 4.78 is 27.8. The van der Waals surface area contributed by atoms with Crippen molar-refractivity contribution in [2.24, 2.45) is 0 Å². The van der Waals surface area contributed by atoms with Gasteiger partial charge in [-0.1, -0.05) is 18.9 Å². The number of hydrogen-bond donors (Lipinski definition) is 1. The molecule has 1 aromatic rings. The molecule has 2 nitrogen and oxygen atoms in total. The summed E-state index contributed by atoms with van der Waals surface area (Å²) in [7, 11) is 0. The van der Waals surface area contributed by atoms with Gasteiger partial charge >= 0.3 is 0 Å². The fraction of sp³-hybridized carbons (Fsp3) is 0.625. The Morgan fingerprint density at radius 1 is 1.25 bits per heavy atom. The second-order valence-electron chi connectivity index (χ2n) is 6.29. The maximum Gasteiger partial charge on any atom is 0.130 e. The van der Waals surface area contributed by atoms with Gasteiger partial charge in [0.05, 0.1) is 0 Å². The zero-order chi connectivity index (χ0) is 14.2. The molecule has 2 aliphatic rings. The van der Waals surface area contributed by atoms with Gasteiger partial charge in [0.15, 0.2) is 0 Å². The standard InChI is InChI=1S/C16H22F2N2/c1-12-9-20(16(11-19-12)7-2-3-8-16)10-13-14(17)5-4-6-15(13)18/h4-6,12,19H,2-3,7-11H2,1H3. The van der Waals surface area contributed by atoms with Crippen LogP contribution in [0.3, 0.4) is 0 Å². The zero-order valence-electron chi connectivity index (χ0n) is 12.0. The minimum atomic E-state index is -0.427. The van der Waals surface area contributed by atoms with Gasteiger partial charge in [-0.15, -0.1) is 0 Å². The summed E-state index contributed by atoms with van der Waals surface area (Å²) in [5.41, 5.74) is 0.314. The number of rotatable bonds is 2. The predicted octanol–water partition coefficient (Wildman–Crippen LogP) is 3.07. The topological polar surface area (TPSA) is 15.3 Å². The Labute approximate surface area is 119 Å². The van der Waals surface area contributed by atoms with Gasteiger partial charge in [-0.3, -0.25) is 4.90 Å². The van der Waals surface area contributed by atoms with Crippen LogP contribution in [0.4, 0.5) is 8.78 Å². The van der Waals surface area contributed by atoms with Crippen molar-refractivity contribution in [2.45, 2.75) is 50.7 Å². The van der Waals surface area contributed by atoms with E-state index in [-0.39, 0.29) is 11.1 Å². The predicted molar refractivity (Wildman–Crippen MR) is 75.4 cm³/mol. The summed E-state index contributed by atoms with van der Waals surface area (Å²) >= 11 is 0. The van der Waals surface area contributed by atoms with Crippen molar-refractivity contribution in [1.82, 2.24) is 10.2 Å². The number of benzene rings is 1. The second kappa shape index (κ2) is 5.41. The Morgan fingerprint density at radius 3 is 2.55 bits per heavy atom. The monoisotopic (exact) mass is 280 g/mol. The van der Waals surface area contributed by atoms with Crippen LogP contribution in [0, 0.1) is 11.6 Å². The molecule has 1 saturated heterocycles. The smallest absolute Gasteiger partial charge is 0.130 e. The van der Waals surface area contributed by atoms with Crippen molar-refractivity contribution in [3.63, 3.8) is 0 Å². The van der Waals surface area contributed by atoms with Crippen molar-refractivity contribution >= 4 is 0 Å². The quantitative estimate of drug-likeness (QED) is 0.895. The lowest BCUT2D eigenvalue weighted by Crippen LogP contribution is -2.62. The molecular weight excluding hydrogens is 258 g/mol. The normalized spacial score (nSPS) is 26.2. The first-order valence-electron chi connectivity index (χ1n) is 7.52. The van der Waals surface area contributed by atoms with Crippen molar-refractivity contribution < 1.29 is 8.78 Å². The van der Waals surface area contributed by atoms with Crippen molar-refractivity contribution in [2.75, 3.05) is 13.1 Å². The maximum absolute atomic E-state index is 13.9. The fourth-order valence-electron chi connectivity index (χ4n) is 3.70. The van der Waals surface area contributed by atoms with E-state index in [1.54, 1.807) is 0 Å². The van der Waals surface area contributed by atoms with Gasteiger partial charge in [-0.05, 0) is 31.9 Å². The second-order valence-corrected chi connectivity index (χ2v) is 6.29. The Kier molecular flexibility index (Phi) is 3.78. The lowest BCUT2D eigenvalue weighted by molar-refractivity contribution is 0.0374. The third kappa shape index (κ3) is 2.47. The van der Waals surface area contributed by atoms with E-state index in [1.165, 1.54) is 31.0 Å². The van der Waals surface area contributed by atoms with Crippen LogP contribution in [-0.2, 0) is 6.54 Å². The van der Waals surface area contributed by atoms with Crippen LogP contribution < -0.4 is 5.32 Å². The number of nitrogens with zero attached hydrogens (tertiary/aromatic N) is 1. The minimum absolute atomic E-state index is 0.0984. The molecule has 0 amide bonds. The molecule has 1 aliphatic carbocycles. The van der Waals surface area contributed by atoms with Crippen molar-refractivity contribution in [3.8, 4) is 0 Å². The number of hydrogen-bond acceptors (Lipinski definition) is 2. The summed E-state index contributed by atoms with van der Waals surface area (Å²) in [5.74, 6) is -0.853. The Bertz CT molecular complexity index is 463. The first-order chi connectivity index (χ1) is 9.61. The highest BCUT2D eigenvalue weighted by Crippen LogP contribution is 2.38. The third-order valence-electron chi connectivity index (χ3n) is 4.89. The number of halogens is 2. The van der Waals surface area contributed by atoms with Gasteiger partial charge in [-0.25, -0.2) is 8.78 Å². The molecule has 110 valence electrons. The van der Waals surface area contributed by atoms with Crippen molar-refractivity contribution in [3.05, 3.63) is 35.4 Å². The van der Waals surface area contributed by atoms with E-state index in [2.05, 4.69) is 17.1 Å². The molecule has 2 fully saturated rings.